The zero-order chi connectivity index (χ0) is 6.85. The van der Waals surface area contributed by atoms with Gasteiger partial charge in [0.1, 0.15) is 0 Å². The first-order valence-corrected chi connectivity index (χ1v) is 3.08. The molecule has 1 aromatic rings. The maximum absolute atomic E-state index is 8.79. The lowest BCUT2D eigenvalue weighted by Crippen LogP contribution is -1.67. The van der Waals surface area contributed by atoms with Gasteiger partial charge in [-0.1, -0.05) is 15.9 Å². The Morgan fingerprint density at radius 2 is 2.11 bits per heavy atom. The van der Waals surface area contributed by atoms with E-state index < -0.39 is 0 Å². The van der Waals surface area contributed by atoms with Crippen molar-refractivity contribution in [3.05, 3.63) is 22.7 Å². The van der Waals surface area contributed by atoms with E-state index in [-0.39, 0.29) is 11.5 Å². The van der Waals surface area contributed by atoms with Crippen LogP contribution < -0.4 is 0 Å². The zero-order valence-corrected chi connectivity index (χ0v) is 6.01. The fourth-order valence-electron chi connectivity index (χ4n) is 0.452. The number of halogens is 1. The van der Waals surface area contributed by atoms with Gasteiger partial charge in [0, 0.05) is 10.5 Å². The fraction of sp³-hybridized carbons (Fsp3) is 0. The quantitative estimate of drug-likeness (QED) is 0.607. The van der Waals surface area contributed by atoms with E-state index >= 15 is 0 Å². The number of hydrogen-bond donors (Lipinski definition) is 2. The summed E-state index contributed by atoms with van der Waals surface area (Å²) >= 11 is 3.09. The average Bonchev–Trinajstić information content (AvgIpc) is 1.80. The van der Waals surface area contributed by atoms with Crippen LogP contribution in [0, 0.1) is 6.07 Å². The lowest BCUT2D eigenvalue weighted by molar-refractivity contribution is 0.402. The molecule has 47 valence electrons. The molecule has 0 aromatic heterocycles. The summed E-state index contributed by atoms with van der Waals surface area (Å²) in [6.07, 6.45) is 0. The predicted molar refractivity (Wildman–Crippen MR) is 36.3 cm³/mol. The Morgan fingerprint density at radius 1 is 1.44 bits per heavy atom. The second kappa shape index (κ2) is 2.27. The van der Waals surface area contributed by atoms with Crippen molar-refractivity contribution in [2.75, 3.05) is 0 Å². The van der Waals surface area contributed by atoms with E-state index in [1.54, 1.807) is 0 Å². The average molecular weight is 188 g/mol. The minimum atomic E-state index is -0.224. The van der Waals surface area contributed by atoms with Crippen molar-refractivity contribution in [3.63, 3.8) is 0 Å². The van der Waals surface area contributed by atoms with Crippen LogP contribution in [0.5, 0.6) is 11.5 Å². The number of phenols is 2. The minimum Gasteiger partial charge on any atom is -0.504 e. The monoisotopic (exact) mass is 187 g/mol. The number of hydrogen-bond acceptors (Lipinski definition) is 2. The number of phenolic OH excluding ortho intramolecular Hbond substituents is 2. The molecule has 2 N–H and O–H groups in total. The smallest absolute Gasteiger partial charge is 0.165 e. The Balaban J connectivity index is 3.17. The van der Waals surface area contributed by atoms with Crippen LogP contribution in [0.1, 0.15) is 0 Å². The number of benzene rings is 1. The van der Waals surface area contributed by atoms with Crippen molar-refractivity contribution >= 4 is 15.9 Å². The highest BCUT2D eigenvalue weighted by Gasteiger charge is 1.96. The van der Waals surface area contributed by atoms with Gasteiger partial charge in [0.2, 0.25) is 0 Å². The molecule has 0 saturated heterocycles. The largest absolute Gasteiger partial charge is 0.504 e. The third kappa shape index (κ3) is 1.36. The molecule has 1 rings (SSSR count). The summed E-state index contributed by atoms with van der Waals surface area (Å²) in [5.41, 5.74) is 0. The van der Waals surface area contributed by atoms with E-state index in [4.69, 9.17) is 10.2 Å². The molecule has 1 radical (unpaired) electrons. The zero-order valence-electron chi connectivity index (χ0n) is 4.43. The van der Waals surface area contributed by atoms with Gasteiger partial charge in [-0.3, -0.25) is 0 Å². The van der Waals surface area contributed by atoms with E-state index in [0.29, 0.717) is 4.47 Å². The van der Waals surface area contributed by atoms with Gasteiger partial charge >= 0.3 is 0 Å². The standard InChI is InChI=1S/C6H4BrO2/c7-4-1-2-5(8)6(9)3-4/h1,3,8-9H. The summed E-state index contributed by atoms with van der Waals surface area (Å²) in [5, 5.41) is 17.5. The Hall–Kier alpha value is -0.700. The van der Waals surface area contributed by atoms with Crippen molar-refractivity contribution in [3.8, 4) is 11.5 Å². The Bertz CT molecular complexity index is 222. The molecule has 0 aliphatic heterocycles. The highest BCUT2D eigenvalue weighted by molar-refractivity contribution is 9.10. The van der Waals surface area contributed by atoms with Crippen LogP contribution in [0.3, 0.4) is 0 Å². The van der Waals surface area contributed by atoms with E-state index in [1.807, 2.05) is 0 Å². The molecule has 1 aromatic carbocycles. The third-order valence-electron chi connectivity index (χ3n) is 0.864. The first-order valence-electron chi connectivity index (χ1n) is 2.29. The lowest BCUT2D eigenvalue weighted by Gasteiger charge is -1.94. The molecule has 0 saturated carbocycles. The third-order valence-corrected chi connectivity index (χ3v) is 1.32. The molecule has 0 amide bonds. The molecule has 0 aliphatic rings. The first kappa shape index (κ1) is 6.42. The molecule has 2 nitrogen and oxygen atoms in total. The molecule has 0 aliphatic carbocycles. The summed E-state index contributed by atoms with van der Waals surface area (Å²) in [6, 6.07) is 5.34. The molecule has 0 heterocycles. The van der Waals surface area contributed by atoms with Crippen molar-refractivity contribution in [1.82, 2.24) is 0 Å². The van der Waals surface area contributed by atoms with Crippen LogP contribution in [0.2, 0.25) is 0 Å². The van der Waals surface area contributed by atoms with Crippen molar-refractivity contribution < 1.29 is 10.2 Å². The second-order valence-electron chi connectivity index (χ2n) is 1.55. The maximum atomic E-state index is 8.79. The van der Waals surface area contributed by atoms with Gasteiger partial charge in [0.25, 0.3) is 0 Å². The molecule has 3 heteroatoms. The van der Waals surface area contributed by atoms with Gasteiger partial charge in [-0.2, -0.15) is 0 Å². The van der Waals surface area contributed by atoms with Gasteiger partial charge < -0.3 is 10.2 Å². The van der Waals surface area contributed by atoms with E-state index in [9.17, 15) is 0 Å². The molecule has 0 spiro atoms. The van der Waals surface area contributed by atoms with Crippen molar-refractivity contribution in [2.24, 2.45) is 0 Å². The van der Waals surface area contributed by atoms with Gasteiger partial charge in [-0.15, -0.1) is 0 Å². The van der Waals surface area contributed by atoms with E-state index in [0.717, 1.165) is 0 Å². The lowest BCUT2D eigenvalue weighted by atomic mass is 10.3. The van der Waals surface area contributed by atoms with Gasteiger partial charge in [0.05, 0.1) is 0 Å². The van der Waals surface area contributed by atoms with Crippen LogP contribution in [-0.4, -0.2) is 10.2 Å². The van der Waals surface area contributed by atoms with Crippen molar-refractivity contribution in [2.45, 2.75) is 0 Å². The maximum Gasteiger partial charge on any atom is 0.165 e. The summed E-state index contributed by atoms with van der Waals surface area (Å²) in [4.78, 5) is 0. The summed E-state index contributed by atoms with van der Waals surface area (Å²) in [5.74, 6) is -0.387. The van der Waals surface area contributed by atoms with Gasteiger partial charge in [-0.05, 0) is 12.1 Å². The second-order valence-corrected chi connectivity index (χ2v) is 2.47. The Labute approximate surface area is 60.9 Å². The predicted octanol–water partition coefficient (Wildman–Crippen LogP) is 1.66. The van der Waals surface area contributed by atoms with Crippen LogP contribution in [0.4, 0.5) is 0 Å². The Morgan fingerprint density at radius 3 is 2.56 bits per heavy atom. The molecule has 0 unspecified atom stereocenters. The van der Waals surface area contributed by atoms with Crippen molar-refractivity contribution in [1.29, 1.82) is 0 Å². The van der Waals surface area contributed by atoms with Gasteiger partial charge in [0.15, 0.2) is 11.5 Å². The fourth-order valence-corrected chi connectivity index (χ4v) is 0.783. The SMILES string of the molecule is Oc1[c]cc(Br)cc1O. The van der Waals surface area contributed by atoms with E-state index in [2.05, 4.69) is 22.0 Å². The van der Waals surface area contributed by atoms with E-state index in [1.165, 1.54) is 12.1 Å². The van der Waals surface area contributed by atoms with Crippen LogP contribution >= 0.6 is 15.9 Å². The first-order chi connectivity index (χ1) is 4.20. The summed E-state index contributed by atoms with van der Waals surface area (Å²) < 4.78 is 0.692. The molecular weight excluding hydrogens is 184 g/mol. The molecule has 9 heavy (non-hydrogen) atoms. The number of aromatic hydroxyl groups is 2. The molecule has 0 bridgehead atoms. The summed E-state index contributed by atoms with van der Waals surface area (Å²) in [6.45, 7) is 0. The molecule has 0 atom stereocenters. The van der Waals surface area contributed by atoms with Crippen LogP contribution in [0.15, 0.2) is 16.6 Å². The highest BCUT2D eigenvalue weighted by atomic mass is 79.9. The molecular formula is C6H4BrO2. The topological polar surface area (TPSA) is 40.5 Å². The normalized spacial score (nSPS) is 9.44. The van der Waals surface area contributed by atoms with Crippen LogP contribution in [-0.2, 0) is 0 Å². The minimum absolute atomic E-state index is 0.163. The highest BCUT2D eigenvalue weighted by Crippen LogP contribution is 2.26. The summed E-state index contributed by atoms with van der Waals surface area (Å²) in [7, 11) is 0. The molecule has 0 fully saturated rings. The van der Waals surface area contributed by atoms with Crippen LogP contribution in [0.25, 0.3) is 0 Å². The Kier molecular flexibility index (Phi) is 1.62. The number of rotatable bonds is 0. The van der Waals surface area contributed by atoms with Gasteiger partial charge in [-0.25, -0.2) is 0 Å².